The highest BCUT2D eigenvalue weighted by Crippen LogP contribution is 2.37. The summed E-state index contributed by atoms with van der Waals surface area (Å²) in [6.07, 6.45) is 6.76. The van der Waals surface area contributed by atoms with Gasteiger partial charge in [-0.25, -0.2) is 0 Å². The number of ether oxygens (including phenoxy) is 2. The molecule has 2 aromatic carbocycles. The molecule has 31 heavy (non-hydrogen) atoms. The maximum atomic E-state index is 11.7. The Morgan fingerprint density at radius 2 is 1.71 bits per heavy atom. The van der Waals surface area contributed by atoms with Gasteiger partial charge in [-0.1, -0.05) is 66.7 Å². The number of carbonyl (C=O) groups excluding carboxylic acids is 1. The molecule has 3 atom stereocenters. The molecule has 0 aliphatic heterocycles. The predicted molar refractivity (Wildman–Crippen MR) is 119 cm³/mol. The predicted octanol–water partition coefficient (Wildman–Crippen LogP) is 5.25. The molecule has 0 saturated heterocycles. The third-order valence-corrected chi connectivity index (χ3v) is 5.92. The molecular weight excluding hydrogens is 392 g/mol. The molecule has 1 aliphatic carbocycles. The Morgan fingerprint density at radius 3 is 2.39 bits per heavy atom. The van der Waals surface area contributed by atoms with E-state index in [0.29, 0.717) is 32.3 Å². The summed E-state index contributed by atoms with van der Waals surface area (Å²) in [6.45, 7) is 0.467. The fourth-order valence-electron chi connectivity index (χ4n) is 4.16. The quantitative estimate of drug-likeness (QED) is 0.418. The third kappa shape index (κ3) is 6.53. The van der Waals surface area contributed by atoms with Crippen molar-refractivity contribution in [2.24, 2.45) is 11.8 Å². The molecule has 1 fully saturated rings. The van der Waals surface area contributed by atoms with E-state index in [9.17, 15) is 14.7 Å². The average molecular weight is 423 g/mol. The van der Waals surface area contributed by atoms with E-state index in [1.165, 1.54) is 12.7 Å². The first-order valence-electron chi connectivity index (χ1n) is 10.8. The number of esters is 1. The highest BCUT2D eigenvalue weighted by molar-refractivity contribution is 5.71. The van der Waals surface area contributed by atoms with E-state index in [-0.39, 0.29) is 18.0 Å². The van der Waals surface area contributed by atoms with Crippen molar-refractivity contribution < 1.29 is 24.2 Å². The number of hydrogen-bond acceptors (Lipinski definition) is 4. The summed E-state index contributed by atoms with van der Waals surface area (Å²) in [5.41, 5.74) is 3.41. The van der Waals surface area contributed by atoms with Crippen molar-refractivity contribution in [3.8, 4) is 11.1 Å². The molecule has 0 radical (unpaired) electrons. The highest BCUT2D eigenvalue weighted by atomic mass is 16.5. The van der Waals surface area contributed by atoms with E-state index in [2.05, 4.69) is 41.1 Å². The molecule has 5 nitrogen and oxygen atoms in total. The first-order chi connectivity index (χ1) is 15.1. The number of allylic oxidation sites excluding steroid dienone is 2. The largest absolute Gasteiger partial charge is 0.481 e. The molecule has 5 heteroatoms. The van der Waals surface area contributed by atoms with Crippen LogP contribution >= 0.6 is 0 Å². The van der Waals surface area contributed by atoms with E-state index in [1.54, 1.807) is 0 Å². The summed E-state index contributed by atoms with van der Waals surface area (Å²) in [5.74, 6) is -1.45. The summed E-state index contributed by atoms with van der Waals surface area (Å²) in [6, 6.07) is 18.5. The summed E-state index contributed by atoms with van der Waals surface area (Å²) < 4.78 is 10.8. The topological polar surface area (TPSA) is 72.8 Å². The second-order valence-corrected chi connectivity index (χ2v) is 7.92. The lowest BCUT2D eigenvalue weighted by Crippen LogP contribution is -2.26. The molecule has 2 aromatic rings. The first-order valence-corrected chi connectivity index (χ1v) is 10.8. The van der Waals surface area contributed by atoms with Crippen molar-refractivity contribution in [1.82, 2.24) is 0 Å². The second-order valence-electron chi connectivity index (χ2n) is 7.92. The van der Waals surface area contributed by atoms with Gasteiger partial charge in [0.15, 0.2) is 0 Å². The average Bonchev–Trinajstić information content (AvgIpc) is 3.21. The molecular formula is C26H30O5. The first kappa shape index (κ1) is 22.8. The van der Waals surface area contributed by atoms with Crippen LogP contribution in [-0.2, 0) is 25.7 Å². The maximum Gasteiger partial charge on any atom is 0.306 e. The monoisotopic (exact) mass is 422 g/mol. The van der Waals surface area contributed by atoms with Crippen LogP contribution in [0.15, 0.2) is 66.7 Å². The van der Waals surface area contributed by atoms with E-state index in [4.69, 9.17) is 4.74 Å². The van der Waals surface area contributed by atoms with Crippen molar-refractivity contribution in [3.05, 3.63) is 72.3 Å². The van der Waals surface area contributed by atoms with Crippen molar-refractivity contribution >= 4 is 11.9 Å². The van der Waals surface area contributed by atoms with Gasteiger partial charge in [-0.05, 0) is 42.4 Å². The Kier molecular flexibility index (Phi) is 8.42. The van der Waals surface area contributed by atoms with Gasteiger partial charge in [-0.3, -0.25) is 9.59 Å². The number of carboxylic acids is 1. The Hall–Kier alpha value is -2.92. The molecule has 0 heterocycles. The van der Waals surface area contributed by atoms with E-state index >= 15 is 0 Å². The maximum absolute atomic E-state index is 11.7. The zero-order valence-electron chi connectivity index (χ0n) is 17.9. The molecule has 1 saturated carbocycles. The van der Waals surface area contributed by atoms with Gasteiger partial charge in [0.1, 0.15) is 0 Å². The number of rotatable bonds is 10. The minimum Gasteiger partial charge on any atom is -0.481 e. The van der Waals surface area contributed by atoms with Crippen LogP contribution in [0.5, 0.6) is 0 Å². The standard InChI is InChI=1S/C26H30O5/c1-30-25(27)11-7-3-6-10-22-23(26(28)29)16-17-24(22)31-18-19-12-14-21(15-13-19)20-8-4-2-5-9-20/h2-6,8-9,12-15,22-24H,7,10-11,16-18H2,1H3,(H,28,29)/b6-3-/t22-,23+,24+/m1/s1. The lowest BCUT2D eigenvalue weighted by Gasteiger charge is -2.22. The molecule has 3 rings (SSSR count). The number of aliphatic carboxylic acids is 1. The van der Waals surface area contributed by atoms with Gasteiger partial charge in [0.05, 0.1) is 25.7 Å². The number of carboxylic acid groups (broad SMARTS) is 1. The van der Waals surface area contributed by atoms with Crippen molar-refractivity contribution in [1.29, 1.82) is 0 Å². The second kappa shape index (κ2) is 11.5. The van der Waals surface area contributed by atoms with E-state index < -0.39 is 11.9 Å². The van der Waals surface area contributed by atoms with Gasteiger partial charge in [-0.15, -0.1) is 0 Å². The Morgan fingerprint density at radius 1 is 1.00 bits per heavy atom. The zero-order valence-corrected chi connectivity index (χ0v) is 17.9. The van der Waals surface area contributed by atoms with Crippen LogP contribution in [0.4, 0.5) is 0 Å². The molecule has 0 aromatic heterocycles. The normalized spacial score (nSPS) is 20.7. The smallest absolute Gasteiger partial charge is 0.306 e. The van der Waals surface area contributed by atoms with Crippen LogP contribution in [0.25, 0.3) is 11.1 Å². The Labute approximate surface area is 183 Å². The van der Waals surface area contributed by atoms with Gasteiger partial charge < -0.3 is 14.6 Å². The molecule has 1 N–H and O–H groups in total. The summed E-state index contributed by atoms with van der Waals surface area (Å²) in [4.78, 5) is 22.9. The van der Waals surface area contributed by atoms with Crippen LogP contribution in [0, 0.1) is 11.8 Å². The van der Waals surface area contributed by atoms with Crippen molar-refractivity contribution in [2.75, 3.05) is 7.11 Å². The van der Waals surface area contributed by atoms with Crippen LogP contribution in [0.3, 0.4) is 0 Å². The molecule has 0 spiro atoms. The van der Waals surface area contributed by atoms with E-state index in [1.807, 2.05) is 30.4 Å². The zero-order chi connectivity index (χ0) is 22.1. The van der Waals surface area contributed by atoms with Crippen LogP contribution in [0.1, 0.15) is 37.7 Å². The van der Waals surface area contributed by atoms with Gasteiger partial charge in [0.25, 0.3) is 0 Å². The Bertz CT molecular complexity index is 872. The fourth-order valence-corrected chi connectivity index (χ4v) is 4.16. The summed E-state index contributed by atoms with van der Waals surface area (Å²) in [5, 5.41) is 9.59. The van der Waals surface area contributed by atoms with Crippen LogP contribution < -0.4 is 0 Å². The minimum absolute atomic E-state index is 0.0598. The molecule has 0 bridgehead atoms. The van der Waals surface area contributed by atoms with Gasteiger partial charge >= 0.3 is 11.9 Å². The Balaban J connectivity index is 1.55. The van der Waals surface area contributed by atoms with Crippen LogP contribution in [0.2, 0.25) is 0 Å². The molecule has 164 valence electrons. The SMILES string of the molecule is COC(=O)CC/C=C\C[C@H]1[C@@H](OCc2ccc(-c3ccccc3)cc2)CC[C@@H]1C(=O)O. The number of carbonyl (C=O) groups is 2. The minimum atomic E-state index is -0.758. The number of benzene rings is 2. The van der Waals surface area contributed by atoms with Gasteiger partial charge in [-0.2, -0.15) is 0 Å². The lowest BCUT2D eigenvalue weighted by molar-refractivity contribution is -0.144. The fraction of sp³-hybridized carbons (Fsp3) is 0.385. The summed E-state index contributed by atoms with van der Waals surface area (Å²) in [7, 11) is 1.37. The number of hydrogen-bond donors (Lipinski definition) is 1. The lowest BCUT2D eigenvalue weighted by atomic mass is 9.91. The highest BCUT2D eigenvalue weighted by Gasteiger charge is 2.40. The van der Waals surface area contributed by atoms with Gasteiger partial charge in [0.2, 0.25) is 0 Å². The molecule has 0 amide bonds. The molecule has 1 aliphatic rings. The van der Waals surface area contributed by atoms with Crippen molar-refractivity contribution in [2.45, 2.75) is 44.8 Å². The molecule has 0 unspecified atom stereocenters. The van der Waals surface area contributed by atoms with Gasteiger partial charge in [0, 0.05) is 12.3 Å². The summed E-state index contributed by atoms with van der Waals surface area (Å²) >= 11 is 0. The third-order valence-electron chi connectivity index (χ3n) is 5.92. The van der Waals surface area contributed by atoms with E-state index in [0.717, 1.165) is 17.5 Å². The van der Waals surface area contributed by atoms with Crippen LogP contribution in [-0.4, -0.2) is 30.3 Å². The number of methoxy groups -OCH3 is 1. The van der Waals surface area contributed by atoms with Crippen molar-refractivity contribution in [3.63, 3.8) is 0 Å².